The van der Waals surface area contributed by atoms with Gasteiger partial charge in [-0.25, -0.2) is 0 Å². The molecule has 4 N–H and O–H groups in total. The zero-order chi connectivity index (χ0) is 30.7. The number of carbonyl (C=O) groups excluding carboxylic acids is 1. The first-order chi connectivity index (χ1) is 20.6. The molecule has 8 heteroatoms. The van der Waals surface area contributed by atoms with E-state index in [9.17, 15) is 25.2 Å². The molecule has 1 heterocycles. The maximum Gasteiger partial charge on any atom is 0.210 e. The van der Waals surface area contributed by atoms with Gasteiger partial charge in [-0.05, 0) is 28.8 Å². The maximum atomic E-state index is 14.3. The zero-order valence-corrected chi connectivity index (χ0v) is 24.5. The number of benzene rings is 4. The topological polar surface area (TPSA) is 116 Å². The Morgan fingerprint density at radius 1 is 0.791 bits per heavy atom. The minimum atomic E-state index is -2.81. The number of aliphatic hydroxyl groups is 4. The molecule has 5 rings (SSSR count). The molecule has 1 saturated heterocycles. The van der Waals surface area contributed by atoms with E-state index < -0.39 is 41.1 Å². The van der Waals surface area contributed by atoms with Crippen LogP contribution >= 0.6 is 11.6 Å². The van der Waals surface area contributed by atoms with Crippen molar-refractivity contribution in [3.63, 3.8) is 0 Å². The minimum absolute atomic E-state index is 0.0157. The van der Waals surface area contributed by atoms with Crippen molar-refractivity contribution >= 4 is 17.4 Å². The molecule has 1 fully saturated rings. The lowest BCUT2D eigenvalue weighted by atomic mass is 9.58. The van der Waals surface area contributed by atoms with Gasteiger partial charge in [-0.1, -0.05) is 115 Å². The monoisotopic (exact) mass is 602 g/mol. The SMILES string of the molecule is CO[C@H]1O[C@H](C(O)Cc2ccc(Cl)cc2)[C@](O)(Cc2ccccc2)[C@@](O)(Cc2ccccc2)[C@]1(O)C(=O)c1ccccc1. The largest absolute Gasteiger partial charge is 0.390 e. The van der Waals surface area contributed by atoms with Gasteiger partial charge in [-0.3, -0.25) is 4.79 Å². The summed E-state index contributed by atoms with van der Waals surface area (Å²) in [5.41, 5.74) is -5.93. The Kier molecular flexibility index (Phi) is 9.15. The van der Waals surface area contributed by atoms with E-state index in [2.05, 4.69) is 0 Å². The number of ether oxygens (including phenoxy) is 2. The number of hydrogen-bond donors (Lipinski definition) is 4. The number of methoxy groups -OCH3 is 1. The number of halogens is 1. The Bertz CT molecular complexity index is 1500. The Balaban J connectivity index is 1.71. The number of Topliss-reactive ketones (excluding diaryl/α,β-unsaturated/α-hetero) is 1. The van der Waals surface area contributed by atoms with Gasteiger partial charge >= 0.3 is 0 Å². The van der Waals surface area contributed by atoms with Crippen LogP contribution in [0.5, 0.6) is 0 Å². The first-order valence-corrected chi connectivity index (χ1v) is 14.5. The summed E-state index contributed by atoms with van der Waals surface area (Å²) in [6.07, 6.45) is -5.27. The Morgan fingerprint density at radius 2 is 1.30 bits per heavy atom. The van der Waals surface area contributed by atoms with Gasteiger partial charge in [0, 0.05) is 37.0 Å². The highest BCUT2D eigenvalue weighted by Crippen LogP contribution is 2.50. The van der Waals surface area contributed by atoms with Gasteiger partial charge < -0.3 is 29.9 Å². The molecule has 0 bridgehead atoms. The number of carbonyl (C=O) groups is 1. The van der Waals surface area contributed by atoms with Gasteiger partial charge in [-0.15, -0.1) is 0 Å². The Labute approximate surface area is 255 Å². The quantitative estimate of drug-likeness (QED) is 0.201. The normalized spacial score (nSPS) is 27.9. The molecule has 0 spiro atoms. The highest BCUT2D eigenvalue weighted by Gasteiger charge is 2.75. The lowest BCUT2D eigenvalue weighted by Gasteiger charge is -2.60. The second-order valence-electron chi connectivity index (χ2n) is 11.1. The van der Waals surface area contributed by atoms with Crippen LogP contribution in [-0.4, -0.2) is 68.6 Å². The van der Waals surface area contributed by atoms with Crippen LogP contribution in [0.15, 0.2) is 115 Å². The van der Waals surface area contributed by atoms with Crippen molar-refractivity contribution in [2.24, 2.45) is 0 Å². The molecule has 0 radical (unpaired) electrons. The fraction of sp³-hybridized carbons (Fsp3) is 0.286. The third-order valence-electron chi connectivity index (χ3n) is 8.35. The molecule has 4 aromatic carbocycles. The first-order valence-electron chi connectivity index (χ1n) is 14.1. The van der Waals surface area contributed by atoms with Crippen LogP contribution in [0.25, 0.3) is 0 Å². The summed E-state index contributed by atoms with van der Waals surface area (Å²) in [7, 11) is 1.24. The van der Waals surface area contributed by atoms with E-state index in [-0.39, 0.29) is 24.8 Å². The van der Waals surface area contributed by atoms with E-state index in [1.165, 1.54) is 19.2 Å². The second-order valence-corrected chi connectivity index (χ2v) is 11.5. The predicted molar refractivity (Wildman–Crippen MR) is 163 cm³/mol. The van der Waals surface area contributed by atoms with Crippen molar-refractivity contribution < 1.29 is 34.7 Å². The molecule has 0 saturated carbocycles. The van der Waals surface area contributed by atoms with Crippen LogP contribution in [0.1, 0.15) is 27.0 Å². The van der Waals surface area contributed by atoms with Gasteiger partial charge in [0.05, 0.1) is 6.10 Å². The van der Waals surface area contributed by atoms with E-state index in [1.54, 1.807) is 97.1 Å². The number of rotatable bonds is 10. The summed E-state index contributed by atoms with van der Waals surface area (Å²) in [6.45, 7) is 0. The summed E-state index contributed by atoms with van der Waals surface area (Å²) in [4.78, 5) is 14.3. The first kappa shape index (κ1) is 31.0. The van der Waals surface area contributed by atoms with E-state index >= 15 is 0 Å². The van der Waals surface area contributed by atoms with Crippen molar-refractivity contribution in [3.8, 4) is 0 Å². The minimum Gasteiger partial charge on any atom is -0.390 e. The Morgan fingerprint density at radius 3 is 1.84 bits per heavy atom. The van der Waals surface area contributed by atoms with Crippen LogP contribution in [0, 0.1) is 0 Å². The summed E-state index contributed by atoms with van der Waals surface area (Å²) < 4.78 is 11.8. The smallest absolute Gasteiger partial charge is 0.210 e. The van der Waals surface area contributed by atoms with Crippen LogP contribution in [0.2, 0.25) is 5.02 Å². The number of aliphatic hydroxyl groups excluding tert-OH is 1. The highest BCUT2D eigenvalue weighted by molar-refractivity contribution is 6.30. The number of ketones is 1. The van der Waals surface area contributed by atoms with Crippen LogP contribution < -0.4 is 0 Å². The third kappa shape index (κ3) is 5.78. The summed E-state index contributed by atoms with van der Waals surface area (Å²) >= 11 is 6.06. The Hall–Kier alpha value is -3.40. The highest BCUT2D eigenvalue weighted by atomic mass is 35.5. The molecule has 43 heavy (non-hydrogen) atoms. The van der Waals surface area contributed by atoms with Crippen molar-refractivity contribution in [3.05, 3.63) is 143 Å². The average molecular weight is 603 g/mol. The standard InChI is InChI=1S/C35H35ClO7/c1-42-32-35(41,30(38)27-15-9-4-10-16-27)34(40,23-26-13-7-3-8-14-26)33(39,22-25-11-5-2-6-12-25)31(43-32)29(37)21-24-17-19-28(36)20-18-24/h2-20,29,31-32,37,39-41H,21-23H2,1H3/t29?,31-,32+,33-,34+,35+/m1/s1. The molecule has 1 unspecified atom stereocenters. The van der Waals surface area contributed by atoms with Gasteiger partial charge in [0.2, 0.25) is 11.4 Å². The molecule has 7 nitrogen and oxygen atoms in total. The maximum absolute atomic E-state index is 14.3. The van der Waals surface area contributed by atoms with Crippen molar-refractivity contribution in [1.82, 2.24) is 0 Å². The van der Waals surface area contributed by atoms with Gasteiger partial charge in [0.1, 0.15) is 17.3 Å². The zero-order valence-electron chi connectivity index (χ0n) is 23.7. The number of hydrogen-bond acceptors (Lipinski definition) is 7. The van der Waals surface area contributed by atoms with Gasteiger partial charge in [0.25, 0.3) is 0 Å². The van der Waals surface area contributed by atoms with E-state index in [1.807, 2.05) is 6.07 Å². The van der Waals surface area contributed by atoms with Crippen LogP contribution in [-0.2, 0) is 28.7 Å². The predicted octanol–water partition coefficient (Wildman–Crippen LogP) is 4.18. The van der Waals surface area contributed by atoms with Crippen LogP contribution in [0.4, 0.5) is 0 Å². The lowest BCUT2D eigenvalue weighted by molar-refractivity contribution is -0.389. The average Bonchev–Trinajstić information content (AvgIpc) is 3.02. The second kappa shape index (κ2) is 12.7. The molecule has 1 aliphatic rings. The van der Waals surface area contributed by atoms with Crippen molar-refractivity contribution in [1.29, 1.82) is 0 Å². The van der Waals surface area contributed by atoms with E-state index in [0.29, 0.717) is 21.7 Å². The molecule has 224 valence electrons. The molecular formula is C35H35ClO7. The van der Waals surface area contributed by atoms with Crippen LogP contribution in [0.3, 0.4) is 0 Å². The summed E-state index contributed by atoms with van der Waals surface area (Å²) in [6, 6.07) is 32.5. The lowest BCUT2D eigenvalue weighted by Crippen LogP contribution is -2.84. The molecule has 6 atom stereocenters. The summed E-state index contributed by atoms with van der Waals surface area (Å²) in [5.74, 6) is -0.893. The van der Waals surface area contributed by atoms with Crippen molar-refractivity contribution in [2.45, 2.75) is 54.6 Å². The molecule has 0 aliphatic carbocycles. The van der Waals surface area contributed by atoms with E-state index in [0.717, 1.165) is 0 Å². The molecule has 0 aromatic heterocycles. The van der Waals surface area contributed by atoms with Gasteiger partial charge in [-0.2, -0.15) is 0 Å². The molecule has 1 aliphatic heterocycles. The molecular weight excluding hydrogens is 568 g/mol. The van der Waals surface area contributed by atoms with E-state index in [4.69, 9.17) is 21.1 Å². The molecule has 0 amide bonds. The van der Waals surface area contributed by atoms with Crippen molar-refractivity contribution in [2.75, 3.05) is 7.11 Å². The summed E-state index contributed by atoms with van der Waals surface area (Å²) in [5, 5.41) is 50.6. The fourth-order valence-electron chi connectivity index (χ4n) is 6.15. The third-order valence-corrected chi connectivity index (χ3v) is 8.60. The fourth-order valence-corrected chi connectivity index (χ4v) is 6.27. The molecule has 4 aromatic rings. The van der Waals surface area contributed by atoms with Gasteiger partial charge in [0.15, 0.2) is 6.29 Å².